The van der Waals surface area contributed by atoms with Gasteiger partial charge < -0.3 is 35.8 Å². The van der Waals surface area contributed by atoms with Crippen molar-refractivity contribution in [2.24, 2.45) is 5.73 Å². The lowest BCUT2D eigenvalue weighted by atomic mass is 9.93. The van der Waals surface area contributed by atoms with Crippen molar-refractivity contribution < 1.29 is 39.2 Å². The van der Waals surface area contributed by atoms with Crippen LogP contribution >= 0.6 is 0 Å². The van der Waals surface area contributed by atoms with Gasteiger partial charge in [0.05, 0.1) is 13.2 Å². The third-order valence-corrected chi connectivity index (χ3v) is 12.1. The molecule has 1 saturated heterocycles. The maximum Gasteiger partial charge on any atom is 0.417 e. The fourth-order valence-electron chi connectivity index (χ4n) is 8.33. The first-order valence-corrected chi connectivity index (χ1v) is 24.7. The Labute approximate surface area is 370 Å². The number of unbranched alkanes of at least 4 members (excludes halogenated alkanes) is 26. The molecule has 12 heteroatoms. The molecular formula is C49H88N4O8. The van der Waals surface area contributed by atoms with Gasteiger partial charge in [0.25, 0.3) is 0 Å². The summed E-state index contributed by atoms with van der Waals surface area (Å²) in [5.74, 6) is -0.871. The second-order valence-electron chi connectivity index (χ2n) is 17.3. The van der Waals surface area contributed by atoms with Crippen LogP contribution in [-0.2, 0) is 20.9 Å². The van der Waals surface area contributed by atoms with E-state index in [1.165, 1.54) is 133 Å². The molecule has 1 fully saturated rings. The van der Waals surface area contributed by atoms with Crippen LogP contribution in [-0.4, -0.2) is 100.0 Å². The Morgan fingerprint density at radius 3 is 1.54 bits per heavy atom. The summed E-state index contributed by atoms with van der Waals surface area (Å²) in [7, 11) is 0. The minimum Gasteiger partial charge on any atom is -0.444 e. The largest absolute Gasteiger partial charge is 0.444 e. The van der Waals surface area contributed by atoms with E-state index in [0.29, 0.717) is 23.4 Å². The van der Waals surface area contributed by atoms with Crippen molar-refractivity contribution >= 4 is 18.0 Å². The number of imide groups is 1. The fraction of sp³-hybridized carbons (Fsp3) is 0.816. The Balaban J connectivity index is 2.04. The molecule has 2 rings (SSSR count). The van der Waals surface area contributed by atoms with E-state index < -0.39 is 61.8 Å². The fourth-order valence-corrected chi connectivity index (χ4v) is 8.33. The van der Waals surface area contributed by atoms with Crippen LogP contribution in [0.3, 0.4) is 0 Å². The predicted molar refractivity (Wildman–Crippen MR) is 245 cm³/mol. The standard InChI is InChI=1S/C49H88N4O8/c1-3-5-7-9-11-13-15-17-18-19-20-22-24-26-28-33-37-52(48(58)51-36-32-27-25-23-21-16-14-12-10-8-6-4-2)47-44(46(57)45(56)42(39-54)61-47)53(43(55)38-50)49(59)60-40-41-34-30-29-31-35-41/h29-31,34-35,42,44-47,54,56-57H,3-28,32-33,36-40,50H2,1-2H3,(H,51,58)/t42-,44-,45-,46-,47-/m1/s1. The Bertz CT molecular complexity index is 1240. The average molecular weight is 861 g/mol. The van der Waals surface area contributed by atoms with Gasteiger partial charge >= 0.3 is 12.1 Å². The van der Waals surface area contributed by atoms with Gasteiger partial charge in [-0.15, -0.1) is 0 Å². The first kappa shape index (κ1) is 54.4. The Kier molecular flexibility index (Phi) is 31.8. The van der Waals surface area contributed by atoms with Crippen LogP contribution in [0.2, 0.25) is 0 Å². The van der Waals surface area contributed by atoms with E-state index in [1.54, 1.807) is 24.3 Å². The van der Waals surface area contributed by atoms with Gasteiger partial charge in [0.2, 0.25) is 5.91 Å². The number of ether oxygens (including phenoxy) is 2. The lowest BCUT2D eigenvalue weighted by Crippen LogP contribution is -2.71. The van der Waals surface area contributed by atoms with E-state index in [2.05, 4.69) is 19.2 Å². The number of nitrogens with one attached hydrogen (secondary N) is 1. The third-order valence-electron chi connectivity index (χ3n) is 12.1. The molecule has 0 aromatic heterocycles. The molecule has 5 atom stereocenters. The quantitative estimate of drug-likeness (QED) is 0.0412. The van der Waals surface area contributed by atoms with Crippen molar-refractivity contribution in [2.75, 3.05) is 26.2 Å². The number of nitrogens with two attached hydrogens (primary N) is 1. The first-order chi connectivity index (χ1) is 29.8. The van der Waals surface area contributed by atoms with Crippen molar-refractivity contribution in [3.05, 3.63) is 35.9 Å². The number of hydrogen-bond donors (Lipinski definition) is 5. The Morgan fingerprint density at radius 1 is 0.656 bits per heavy atom. The van der Waals surface area contributed by atoms with Crippen molar-refractivity contribution in [3.63, 3.8) is 0 Å². The predicted octanol–water partition coefficient (Wildman–Crippen LogP) is 9.89. The molecule has 4 amide bonds. The highest BCUT2D eigenvalue weighted by atomic mass is 16.6. The molecule has 0 aliphatic carbocycles. The summed E-state index contributed by atoms with van der Waals surface area (Å²) in [5, 5.41) is 35.8. The number of rotatable bonds is 36. The monoisotopic (exact) mass is 861 g/mol. The van der Waals surface area contributed by atoms with Gasteiger partial charge in [0, 0.05) is 13.1 Å². The van der Waals surface area contributed by atoms with Crippen LogP contribution in [0.4, 0.5) is 9.59 Å². The van der Waals surface area contributed by atoms with Crippen molar-refractivity contribution in [1.29, 1.82) is 0 Å². The van der Waals surface area contributed by atoms with E-state index in [0.717, 1.165) is 44.9 Å². The molecule has 1 aliphatic rings. The number of hydrogen-bond acceptors (Lipinski definition) is 9. The Morgan fingerprint density at radius 2 is 1.10 bits per heavy atom. The number of carbonyl (C=O) groups is 3. The van der Waals surface area contributed by atoms with Crippen LogP contribution in [0.1, 0.15) is 199 Å². The van der Waals surface area contributed by atoms with Crippen molar-refractivity contribution in [3.8, 4) is 0 Å². The smallest absolute Gasteiger partial charge is 0.417 e. The zero-order valence-electron chi connectivity index (χ0n) is 38.5. The lowest BCUT2D eigenvalue weighted by Gasteiger charge is -2.49. The Hall–Kier alpha value is -2.77. The van der Waals surface area contributed by atoms with E-state index >= 15 is 0 Å². The average Bonchev–Trinajstić information content (AvgIpc) is 3.27. The molecule has 0 saturated carbocycles. The molecule has 6 N–H and O–H groups in total. The van der Waals surface area contributed by atoms with Gasteiger partial charge in [0.15, 0.2) is 6.23 Å². The summed E-state index contributed by atoms with van der Waals surface area (Å²) in [6.07, 6.45) is 26.4. The topological polar surface area (TPSA) is 175 Å². The zero-order chi connectivity index (χ0) is 44.3. The summed E-state index contributed by atoms with van der Waals surface area (Å²) >= 11 is 0. The molecule has 0 unspecified atom stereocenters. The minimum absolute atomic E-state index is 0.160. The van der Waals surface area contributed by atoms with Crippen LogP contribution in [0.25, 0.3) is 0 Å². The van der Waals surface area contributed by atoms with Crippen LogP contribution in [0.15, 0.2) is 30.3 Å². The molecule has 1 aromatic carbocycles. The van der Waals surface area contributed by atoms with E-state index in [4.69, 9.17) is 15.2 Å². The highest BCUT2D eigenvalue weighted by molar-refractivity contribution is 5.93. The molecule has 0 bridgehead atoms. The maximum absolute atomic E-state index is 14.1. The summed E-state index contributed by atoms with van der Waals surface area (Å²) < 4.78 is 11.7. The summed E-state index contributed by atoms with van der Waals surface area (Å²) in [6.45, 7) is 3.71. The third kappa shape index (κ3) is 22.9. The molecule has 0 radical (unpaired) electrons. The van der Waals surface area contributed by atoms with Gasteiger partial charge in [-0.2, -0.15) is 0 Å². The molecule has 1 aromatic rings. The van der Waals surface area contributed by atoms with Gasteiger partial charge in [-0.1, -0.05) is 211 Å². The highest BCUT2D eigenvalue weighted by Crippen LogP contribution is 2.29. The van der Waals surface area contributed by atoms with Crippen LogP contribution < -0.4 is 11.1 Å². The number of amides is 4. The zero-order valence-corrected chi connectivity index (χ0v) is 38.5. The van der Waals surface area contributed by atoms with Crippen LogP contribution in [0.5, 0.6) is 0 Å². The van der Waals surface area contributed by atoms with Crippen molar-refractivity contribution in [2.45, 2.75) is 231 Å². The number of benzene rings is 1. The SMILES string of the molecule is CCCCCCCCCCCCCCCCCCN(C(=O)NCCCCCCCCCCCCCC)[C@@H]1O[C@H](CO)[C@@H](O)[C@H](O)[C@H]1N(C(=O)CN)C(=O)OCc1ccccc1. The first-order valence-electron chi connectivity index (χ1n) is 24.7. The van der Waals surface area contributed by atoms with Crippen LogP contribution in [0, 0.1) is 0 Å². The second-order valence-corrected chi connectivity index (χ2v) is 17.3. The number of urea groups is 1. The van der Waals surface area contributed by atoms with Gasteiger partial charge in [-0.05, 0) is 18.4 Å². The summed E-state index contributed by atoms with van der Waals surface area (Å²) in [4.78, 5) is 43.3. The summed E-state index contributed by atoms with van der Waals surface area (Å²) in [5.41, 5.74) is 6.46. The molecule has 1 heterocycles. The van der Waals surface area contributed by atoms with Crippen molar-refractivity contribution in [1.82, 2.24) is 15.1 Å². The van der Waals surface area contributed by atoms with Gasteiger partial charge in [-0.3, -0.25) is 9.69 Å². The van der Waals surface area contributed by atoms with E-state index in [9.17, 15) is 29.7 Å². The maximum atomic E-state index is 14.1. The second kappa shape index (κ2) is 35.7. The lowest BCUT2D eigenvalue weighted by molar-refractivity contribution is -0.238. The minimum atomic E-state index is -1.77. The molecule has 12 nitrogen and oxygen atoms in total. The number of aliphatic hydroxyl groups excluding tert-OH is 3. The number of carbonyl (C=O) groups excluding carboxylic acids is 3. The molecule has 352 valence electrons. The van der Waals surface area contributed by atoms with Gasteiger partial charge in [-0.25, -0.2) is 14.5 Å². The molecule has 61 heavy (non-hydrogen) atoms. The van der Waals surface area contributed by atoms with Gasteiger partial charge in [0.1, 0.15) is 31.0 Å². The molecule has 0 spiro atoms. The van der Waals surface area contributed by atoms with E-state index in [1.807, 2.05) is 6.07 Å². The number of aliphatic hydroxyl groups is 3. The summed E-state index contributed by atoms with van der Waals surface area (Å²) in [6, 6.07) is 6.90. The normalized spacial score (nSPS) is 18.8. The molecular weight excluding hydrogens is 773 g/mol. The number of nitrogens with zero attached hydrogens (tertiary/aromatic N) is 2. The van der Waals surface area contributed by atoms with E-state index in [-0.39, 0.29) is 13.2 Å². The highest BCUT2D eigenvalue weighted by Gasteiger charge is 2.53. The molecule has 1 aliphatic heterocycles.